The average Bonchev–Trinajstić information content (AvgIpc) is 3.35. The van der Waals surface area contributed by atoms with Gasteiger partial charge in [-0.1, -0.05) is 79.9 Å². The number of benzene rings is 4. The SMILES string of the molecule is Cn1c(=O)c2cc3c(-c4ccccc4)c4c(=O)n(C5CCCCC5)c(=O)c4c(-c4ccccc4)c3cc2c1=O. The lowest BCUT2D eigenvalue weighted by Crippen LogP contribution is -2.31. The highest BCUT2D eigenvalue weighted by molar-refractivity contribution is 6.23. The zero-order chi connectivity index (χ0) is 26.8. The summed E-state index contributed by atoms with van der Waals surface area (Å²) in [4.78, 5) is 54.7. The lowest BCUT2D eigenvalue weighted by Gasteiger charge is -2.21. The average molecular weight is 515 g/mol. The molecule has 0 atom stereocenters. The van der Waals surface area contributed by atoms with E-state index in [0.717, 1.165) is 47.8 Å². The van der Waals surface area contributed by atoms with Crippen LogP contribution in [0.1, 0.15) is 38.1 Å². The zero-order valence-corrected chi connectivity index (χ0v) is 21.6. The van der Waals surface area contributed by atoms with Gasteiger partial charge >= 0.3 is 0 Å². The predicted molar refractivity (Wildman–Crippen MR) is 156 cm³/mol. The largest absolute Gasteiger partial charge is 0.277 e. The third kappa shape index (κ3) is 3.34. The highest BCUT2D eigenvalue weighted by Gasteiger charge is 2.29. The van der Waals surface area contributed by atoms with Gasteiger partial charge in [0, 0.05) is 24.2 Å². The summed E-state index contributed by atoms with van der Waals surface area (Å²) < 4.78 is 2.60. The Morgan fingerprint density at radius 3 is 1.44 bits per heavy atom. The van der Waals surface area contributed by atoms with Gasteiger partial charge in [0.15, 0.2) is 0 Å². The van der Waals surface area contributed by atoms with Crippen LogP contribution in [0.15, 0.2) is 92.0 Å². The van der Waals surface area contributed by atoms with Crippen LogP contribution in [0.5, 0.6) is 0 Å². The van der Waals surface area contributed by atoms with Gasteiger partial charge in [-0.15, -0.1) is 0 Å². The first-order valence-corrected chi connectivity index (χ1v) is 13.5. The van der Waals surface area contributed by atoms with Crippen molar-refractivity contribution in [3.05, 3.63) is 114 Å². The molecule has 0 spiro atoms. The Morgan fingerprint density at radius 1 is 0.564 bits per heavy atom. The summed E-state index contributed by atoms with van der Waals surface area (Å²) in [6.45, 7) is 0. The minimum Gasteiger partial charge on any atom is -0.277 e. The number of hydrogen-bond donors (Lipinski definition) is 0. The second-order valence-electron chi connectivity index (χ2n) is 10.6. The van der Waals surface area contributed by atoms with Crippen LogP contribution in [0.3, 0.4) is 0 Å². The first-order chi connectivity index (χ1) is 19.0. The molecule has 6 nitrogen and oxygen atoms in total. The quantitative estimate of drug-likeness (QED) is 0.315. The number of nitrogens with zero attached hydrogens (tertiary/aromatic N) is 2. The molecular formula is C33H26N2O4. The monoisotopic (exact) mass is 514 g/mol. The van der Waals surface area contributed by atoms with Crippen molar-refractivity contribution in [2.24, 2.45) is 7.05 Å². The molecule has 0 bridgehead atoms. The van der Waals surface area contributed by atoms with Crippen LogP contribution in [0.2, 0.25) is 0 Å². The Balaban J connectivity index is 1.78. The fourth-order valence-corrected chi connectivity index (χ4v) is 6.58. The van der Waals surface area contributed by atoms with Gasteiger partial charge in [0.2, 0.25) is 0 Å². The van der Waals surface area contributed by atoms with Crippen molar-refractivity contribution in [2.75, 3.05) is 0 Å². The lowest BCUT2D eigenvalue weighted by molar-refractivity contribution is 0.344. The molecule has 7 rings (SSSR count). The van der Waals surface area contributed by atoms with Crippen LogP contribution >= 0.6 is 0 Å². The maximum absolute atomic E-state index is 14.3. The maximum atomic E-state index is 14.3. The van der Waals surface area contributed by atoms with E-state index in [0.29, 0.717) is 43.4 Å². The fourth-order valence-electron chi connectivity index (χ4n) is 6.58. The van der Waals surface area contributed by atoms with E-state index in [9.17, 15) is 19.2 Å². The standard InChI is InChI=1S/C33H26N2O4/c1-34-30(36)24-17-22-23(18-25(24)31(34)37)27(20-13-7-3-8-14-20)29-28(26(22)19-11-5-2-6-12-19)32(38)35(33(29)39)21-15-9-4-10-16-21/h2-3,5-8,11-14,17-18,21H,4,9-10,15-16H2,1H3. The van der Waals surface area contributed by atoms with Crippen molar-refractivity contribution < 1.29 is 0 Å². The summed E-state index contributed by atoms with van der Waals surface area (Å²) in [6, 6.07) is 22.4. The van der Waals surface area contributed by atoms with Crippen molar-refractivity contribution in [1.29, 1.82) is 0 Å². The van der Waals surface area contributed by atoms with Gasteiger partial charge in [-0.25, -0.2) is 0 Å². The summed E-state index contributed by atoms with van der Waals surface area (Å²) in [7, 11) is 1.47. The van der Waals surface area contributed by atoms with Gasteiger partial charge in [0.05, 0.1) is 21.5 Å². The molecule has 2 heterocycles. The van der Waals surface area contributed by atoms with Crippen LogP contribution in [0.4, 0.5) is 0 Å². The van der Waals surface area contributed by atoms with Gasteiger partial charge < -0.3 is 0 Å². The molecule has 6 heteroatoms. The number of fused-ring (bicyclic) bond motifs is 3. The van der Waals surface area contributed by atoms with E-state index in [4.69, 9.17) is 0 Å². The fraction of sp³-hybridized carbons (Fsp3) is 0.212. The minimum absolute atomic E-state index is 0.136. The normalized spacial score (nSPS) is 14.6. The van der Waals surface area contributed by atoms with Crippen molar-refractivity contribution in [3.8, 4) is 22.3 Å². The van der Waals surface area contributed by atoms with Gasteiger partial charge in [-0.05, 0) is 46.9 Å². The summed E-state index contributed by atoms with van der Waals surface area (Å²) >= 11 is 0. The lowest BCUT2D eigenvalue weighted by atomic mass is 9.87. The summed E-state index contributed by atoms with van der Waals surface area (Å²) in [5.41, 5.74) is 1.54. The molecule has 1 aliphatic rings. The summed E-state index contributed by atoms with van der Waals surface area (Å²) in [5.74, 6) is 0. The van der Waals surface area contributed by atoms with E-state index in [1.165, 1.54) is 11.6 Å². The predicted octanol–water partition coefficient (Wildman–Crippen LogP) is 5.44. The maximum Gasteiger partial charge on any atom is 0.262 e. The first kappa shape index (κ1) is 23.5. The Kier molecular flexibility index (Phi) is 5.27. The number of aromatic nitrogens is 2. The molecule has 1 fully saturated rings. The molecular weight excluding hydrogens is 488 g/mol. The van der Waals surface area contributed by atoms with Crippen LogP contribution in [0, 0.1) is 0 Å². The molecule has 2 aromatic heterocycles. The van der Waals surface area contributed by atoms with Gasteiger partial charge in [-0.2, -0.15) is 0 Å². The minimum atomic E-state index is -0.371. The Bertz CT molecular complexity index is 1980. The van der Waals surface area contributed by atoms with E-state index >= 15 is 0 Å². The summed E-state index contributed by atoms with van der Waals surface area (Å²) in [5, 5.41) is 2.75. The highest BCUT2D eigenvalue weighted by Crippen LogP contribution is 2.43. The summed E-state index contributed by atoms with van der Waals surface area (Å²) in [6.07, 6.45) is 4.69. The number of hydrogen-bond acceptors (Lipinski definition) is 4. The van der Waals surface area contributed by atoms with E-state index in [-0.39, 0.29) is 28.3 Å². The molecule has 4 aromatic carbocycles. The second kappa shape index (κ2) is 8.73. The Labute approximate surface area is 223 Å². The molecule has 6 aromatic rings. The number of rotatable bonds is 3. The van der Waals surface area contributed by atoms with Crippen molar-refractivity contribution in [3.63, 3.8) is 0 Å². The molecule has 1 saturated carbocycles. The van der Waals surface area contributed by atoms with Crippen LogP contribution in [-0.4, -0.2) is 9.13 Å². The van der Waals surface area contributed by atoms with Gasteiger partial charge in [-0.3, -0.25) is 28.3 Å². The molecule has 192 valence electrons. The first-order valence-electron chi connectivity index (χ1n) is 13.5. The van der Waals surface area contributed by atoms with E-state index in [1.54, 1.807) is 12.1 Å². The Morgan fingerprint density at radius 2 is 1.00 bits per heavy atom. The van der Waals surface area contributed by atoms with Crippen LogP contribution < -0.4 is 22.2 Å². The third-order valence-electron chi connectivity index (χ3n) is 8.45. The smallest absolute Gasteiger partial charge is 0.262 e. The molecule has 0 amide bonds. The van der Waals surface area contributed by atoms with Crippen molar-refractivity contribution >= 4 is 32.3 Å². The van der Waals surface area contributed by atoms with E-state index in [2.05, 4.69) is 0 Å². The topological polar surface area (TPSA) is 78.1 Å². The molecule has 0 radical (unpaired) electrons. The van der Waals surface area contributed by atoms with Gasteiger partial charge in [0.25, 0.3) is 22.2 Å². The zero-order valence-electron chi connectivity index (χ0n) is 21.6. The van der Waals surface area contributed by atoms with Crippen molar-refractivity contribution in [1.82, 2.24) is 9.13 Å². The highest BCUT2D eigenvalue weighted by atomic mass is 16.2. The van der Waals surface area contributed by atoms with E-state index in [1.807, 2.05) is 60.7 Å². The molecule has 0 saturated heterocycles. The van der Waals surface area contributed by atoms with Crippen LogP contribution in [-0.2, 0) is 7.05 Å². The molecule has 1 aliphatic carbocycles. The van der Waals surface area contributed by atoms with E-state index < -0.39 is 0 Å². The molecule has 0 unspecified atom stereocenters. The Hall–Kier alpha value is -4.58. The van der Waals surface area contributed by atoms with Crippen LogP contribution in [0.25, 0.3) is 54.6 Å². The molecule has 39 heavy (non-hydrogen) atoms. The molecule has 0 N–H and O–H groups in total. The van der Waals surface area contributed by atoms with Crippen molar-refractivity contribution in [2.45, 2.75) is 38.1 Å². The third-order valence-corrected chi connectivity index (χ3v) is 8.45. The molecule has 0 aliphatic heterocycles. The second-order valence-corrected chi connectivity index (χ2v) is 10.6. The van der Waals surface area contributed by atoms with Gasteiger partial charge in [0.1, 0.15) is 0 Å².